The topological polar surface area (TPSA) is 33.2 Å². The summed E-state index contributed by atoms with van der Waals surface area (Å²) < 4.78 is 13.3. The van der Waals surface area contributed by atoms with Gasteiger partial charge in [-0.25, -0.2) is 4.39 Å². The number of hydrogen-bond donors (Lipinski definition) is 0. The SMILES string of the molecule is O=C(c1ccnc2ccccc12)N1CCCC[C@H]1c1ccc(F)cc1. The van der Waals surface area contributed by atoms with E-state index in [0.29, 0.717) is 5.56 Å². The number of benzene rings is 2. The van der Waals surface area contributed by atoms with Crippen LogP contribution in [0.1, 0.15) is 41.2 Å². The molecule has 0 bridgehead atoms. The summed E-state index contributed by atoms with van der Waals surface area (Å²) in [6, 6.07) is 16.0. The minimum Gasteiger partial charge on any atom is -0.332 e. The van der Waals surface area contributed by atoms with Crippen LogP contribution in [0.15, 0.2) is 60.8 Å². The van der Waals surface area contributed by atoms with Crippen LogP contribution in [0.2, 0.25) is 0 Å². The molecule has 25 heavy (non-hydrogen) atoms. The Bertz CT molecular complexity index is 902. The first-order chi connectivity index (χ1) is 12.2. The monoisotopic (exact) mass is 334 g/mol. The lowest BCUT2D eigenvalue weighted by atomic mass is 9.94. The lowest BCUT2D eigenvalue weighted by Gasteiger charge is -2.36. The first-order valence-electron chi connectivity index (χ1n) is 8.64. The molecule has 1 atom stereocenters. The molecule has 3 aromatic rings. The van der Waals surface area contributed by atoms with Crippen molar-refractivity contribution in [2.45, 2.75) is 25.3 Å². The summed E-state index contributed by atoms with van der Waals surface area (Å²) in [6.07, 6.45) is 4.65. The Kier molecular flexibility index (Phi) is 4.18. The molecule has 4 heteroatoms. The molecule has 0 radical (unpaired) electrons. The number of pyridine rings is 1. The van der Waals surface area contributed by atoms with Gasteiger partial charge in [0.25, 0.3) is 5.91 Å². The Morgan fingerprint density at radius 2 is 1.84 bits per heavy atom. The van der Waals surface area contributed by atoms with Crippen LogP contribution in [0.4, 0.5) is 4.39 Å². The number of piperidine rings is 1. The van der Waals surface area contributed by atoms with Crippen molar-refractivity contribution in [1.82, 2.24) is 9.88 Å². The third-order valence-electron chi connectivity index (χ3n) is 4.90. The summed E-state index contributed by atoms with van der Waals surface area (Å²) in [5.41, 5.74) is 2.50. The van der Waals surface area contributed by atoms with Crippen LogP contribution in [-0.2, 0) is 0 Å². The van der Waals surface area contributed by atoms with E-state index < -0.39 is 0 Å². The standard InChI is InChI=1S/C21H19FN2O/c22-16-10-8-15(9-11-16)20-7-3-4-14-24(20)21(25)18-12-13-23-19-6-2-1-5-17(18)19/h1-2,5-6,8-13,20H,3-4,7,14H2/t20-/m0/s1. The number of para-hydroxylation sites is 1. The Morgan fingerprint density at radius 1 is 1.04 bits per heavy atom. The molecule has 0 N–H and O–H groups in total. The number of carbonyl (C=O) groups excluding carboxylic acids is 1. The summed E-state index contributed by atoms with van der Waals surface area (Å²) in [7, 11) is 0. The van der Waals surface area contributed by atoms with Gasteiger partial charge >= 0.3 is 0 Å². The number of hydrogen-bond acceptors (Lipinski definition) is 2. The first kappa shape index (κ1) is 15.8. The van der Waals surface area contributed by atoms with Crippen LogP contribution in [0.25, 0.3) is 10.9 Å². The second-order valence-corrected chi connectivity index (χ2v) is 6.44. The predicted octanol–water partition coefficient (Wildman–Crippen LogP) is 4.74. The molecule has 0 saturated carbocycles. The molecule has 2 aromatic carbocycles. The fraction of sp³-hybridized carbons (Fsp3) is 0.238. The summed E-state index contributed by atoms with van der Waals surface area (Å²) in [6.45, 7) is 0.720. The Morgan fingerprint density at radius 3 is 2.68 bits per heavy atom. The first-order valence-corrected chi connectivity index (χ1v) is 8.64. The van der Waals surface area contributed by atoms with Gasteiger partial charge in [-0.15, -0.1) is 0 Å². The van der Waals surface area contributed by atoms with Crippen molar-refractivity contribution >= 4 is 16.8 Å². The average Bonchev–Trinajstić information content (AvgIpc) is 2.68. The average molecular weight is 334 g/mol. The van der Waals surface area contributed by atoms with Gasteiger partial charge in [0.1, 0.15) is 5.82 Å². The highest BCUT2D eigenvalue weighted by Gasteiger charge is 2.29. The largest absolute Gasteiger partial charge is 0.332 e. The van der Waals surface area contributed by atoms with Crippen molar-refractivity contribution in [1.29, 1.82) is 0 Å². The summed E-state index contributed by atoms with van der Waals surface area (Å²) in [4.78, 5) is 19.6. The number of aromatic nitrogens is 1. The number of amides is 1. The van der Waals surface area contributed by atoms with E-state index in [1.54, 1.807) is 24.4 Å². The lowest BCUT2D eigenvalue weighted by Crippen LogP contribution is -2.38. The minimum absolute atomic E-state index is 0.00576. The maximum Gasteiger partial charge on any atom is 0.255 e. The van der Waals surface area contributed by atoms with Gasteiger partial charge in [0.05, 0.1) is 17.1 Å². The highest BCUT2D eigenvalue weighted by atomic mass is 19.1. The quantitative estimate of drug-likeness (QED) is 0.678. The van der Waals surface area contributed by atoms with Crippen molar-refractivity contribution in [3.05, 3.63) is 77.7 Å². The fourth-order valence-corrected chi connectivity index (χ4v) is 3.64. The van der Waals surface area contributed by atoms with Gasteiger partial charge < -0.3 is 4.90 Å². The second-order valence-electron chi connectivity index (χ2n) is 6.44. The van der Waals surface area contributed by atoms with E-state index in [9.17, 15) is 9.18 Å². The van der Waals surface area contributed by atoms with Gasteiger partial charge in [0, 0.05) is 18.1 Å². The maximum atomic E-state index is 13.3. The van der Waals surface area contributed by atoms with Gasteiger partial charge in [0.2, 0.25) is 0 Å². The number of fused-ring (bicyclic) bond motifs is 1. The highest BCUT2D eigenvalue weighted by Crippen LogP contribution is 2.33. The maximum absolute atomic E-state index is 13.3. The number of nitrogens with zero attached hydrogens (tertiary/aromatic N) is 2. The third kappa shape index (κ3) is 3.00. The molecule has 0 aliphatic carbocycles. The van der Waals surface area contributed by atoms with Gasteiger partial charge in [0.15, 0.2) is 0 Å². The third-order valence-corrected chi connectivity index (χ3v) is 4.90. The molecule has 1 fully saturated rings. The van der Waals surface area contributed by atoms with Crippen LogP contribution in [-0.4, -0.2) is 22.3 Å². The zero-order chi connectivity index (χ0) is 17.2. The van der Waals surface area contributed by atoms with Crippen LogP contribution < -0.4 is 0 Å². The molecular formula is C21H19FN2O. The molecule has 1 aliphatic heterocycles. The molecule has 0 unspecified atom stereocenters. The van der Waals surface area contributed by atoms with Gasteiger partial charge in [-0.05, 0) is 49.1 Å². The van der Waals surface area contributed by atoms with Crippen molar-refractivity contribution < 1.29 is 9.18 Å². The van der Waals surface area contributed by atoms with E-state index >= 15 is 0 Å². The van der Waals surface area contributed by atoms with Crippen LogP contribution in [0, 0.1) is 5.82 Å². The molecule has 126 valence electrons. The summed E-state index contributed by atoms with van der Waals surface area (Å²) in [5.74, 6) is -0.231. The molecule has 1 amide bonds. The van der Waals surface area contributed by atoms with Crippen molar-refractivity contribution in [2.75, 3.05) is 6.54 Å². The van der Waals surface area contributed by atoms with Crippen LogP contribution >= 0.6 is 0 Å². The van der Waals surface area contributed by atoms with E-state index in [-0.39, 0.29) is 17.8 Å². The van der Waals surface area contributed by atoms with Gasteiger partial charge in [-0.2, -0.15) is 0 Å². The fourth-order valence-electron chi connectivity index (χ4n) is 3.64. The van der Waals surface area contributed by atoms with Crippen LogP contribution in [0.5, 0.6) is 0 Å². The normalized spacial score (nSPS) is 17.6. The smallest absolute Gasteiger partial charge is 0.255 e. The van der Waals surface area contributed by atoms with E-state index in [1.165, 1.54) is 12.1 Å². The molecule has 1 aromatic heterocycles. The lowest BCUT2D eigenvalue weighted by molar-refractivity contribution is 0.0613. The number of likely N-dealkylation sites (tertiary alicyclic amines) is 1. The Hall–Kier alpha value is -2.75. The Balaban J connectivity index is 1.72. The van der Waals surface area contributed by atoms with Crippen molar-refractivity contribution in [3.8, 4) is 0 Å². The number of carbonyl (C=O) groups is 1. The minimum atomic E-state index is -0.252. The van der Waals surface area contributed by atoms with E-state index in [4.69, 9.17) is 0 Å². The number of halogens is 1. The molecule has 0 spiro atoms. The summed E-state index contributed by atoms with van der Waals surface area (Å²) >= 11 is 0. The van der Waals surface area contributed by atoms with E-state index in [1.807, 2.05) is 29.2 Å². The second kappa shape index (κ2) is 6.63. The van der Waals surface area contributed by atoms with Gasteiger partial charge in [-0.1, -0.05) is 30.3 Å². The molecule has 1 saturated heterocycles. The van der Waals surface area contributed by atoms with Crippen molar-refractivity contribution in [3.63, 3.8) is 0 Å². The van der Waals surface area contributed by atoms with Crippen LogP contribution in [0.3, 0.4) is 0 Å². The van der Waals surface area contributed by atoms with E-state index in [2.05, 4.69) is 4.98 Å². The zero-order valence-electron chi connectivity index (χ0n) is 13.9. The molecule has 3 nitrogen and oxygen atoms in total. The molecule has 4 rings (SSSR count). The van der Waals surface area contributed by atoms with E-state index in [0.717, 1.165) is 42.3 Å². The predicted molar refractivity (Wildman–Crippen MR) is 95.8 cm³/mol. The zero-order valence-corrected chi connectivity index (χ0v) is 13.9. The van der Waals surface area contributed by atoms with Crippen molar-refractivity contribution in [2.24, 2.45) is 0 Å². The van der Waals surface area contributed by atoms with Gasteiger partial charge in [-0.3, -0.25) is 9.78 Å². The highest BCUT2D eigenvalue weighted by molar-refractivity contribution is 6.06. The molecule has 2 heterocycles. The number of rotatable bonds is 2. The summed E-state index contributed by atoms with van der Waals surface area (Å²) in [5, 5.41) is 0.874. The Labute approximate surface area is 146 Å². The molecule has 1 aliphatic rings. The molecular weight excluding hydrogens is 315 g/mol.